The smallest absolute Gasteiger partial charge is 0.418 e. The van der Waals surface area contributed by atoms with Gasteiger partial charge in [0.1, 0.15) is 12.6 Å². The Bertz CT molecular complexity index is 1350. The average molecular weight is 554 g/mol. The van der Waals surface area contributed by atoms with Crippen molar-refractivity contribution in [3.05, 3.63) is 64.7 Å². The maximum Gasteiger partial charge on any atom is 0.418 e. The molecule has 2 atom stereocenters. The molecule has 4 rings (SSSR count). The zero-order chi connectivity index (χ0) is 28.7. The van der Waals surface area contributed by atoms with Gasteiger partial charge in [-0.15, -0.1) is 0 Å². The number of halogens is 5. The van der Waals surface area contributed by atoms with E-state index in [1.807, 2.05) is 0 Å². The minimum Gasteiger partial charge on any atom is -0.427 e. The highest BCUT2D eigenvalue weighted by molar-refractivity contribution is 6.06. The summed E-state index contributed by atoms with van der Waals surface area (Å²) < 4.78 is 73.1. The highest BCUT2D eigenvalue weighted by Gasteiger charge is 2.58. The third-order valence-corrected chi connectivity index (χ3v) is 6.74. The molecule has 1 saturated heterocycles. The zero-order valence-electron chi connectivity index (χ0n) is 20.7. The fourth-order valence-electron chi connectivity index (χ4n) is 4.60. The highest BCUT2D eigenvalue weighted by Crippen LogP contribution is 2.46. The van der Waals surface area contributed by atoms with Crippen LogP contribution in [0, 0.1) is 11.6 Å². The summed E-state index contributed by atoms with van der Waals surface area (Å²) in [7, 11) is 1.43. The molecule has 14 heteroatoms. The van der Waals surface area contributed by atoms with Crippen LogP contribution in [0.25, 0.3) is 0 Å². The van der Waals surface area contributed by atoms with Crippen LogP contribution in [0.4, 0.5) is 37.2 Å². The van der Waals surface area contributed by atoms with E-state index in [9.17, 15) is 41.1 Å². The standard InChI is InChI=1S/C25H23F5N4O5/c1-13(25(28,29)30)33(11-14-3-6-18(26)19(27)9-14)20(35)12-34-21(36)24(39-23(34)38)8-7-15-10-16(4-5-17(15)24)32-22(37)31-2/h3-6,9-10,13H,7-8,11-12H2,1-2H3,(H2,31,32,37). The summed E-state index contributed by atoms with van der Waals surface area (Å²) in [5.74, 6) is -4.70. The molecule has 1 aliphatic carbocycles. The molecule has 208 valence electrons. The molecule has 0 bridgehead atoms. The number of ether oxygens (including phenoxy) is 1. The molecule has 0 saturated carbocycles. The first-order valence-electron chi connectivity index (χ1n) is 11.7. The number of nitrogens with zero attached hydrogens (tertiary/aromatic N) is 2. The SMILES string of the molecule is CNC(=O)Nc1ccc2c(c1)CCC21OC(=O)N(CC(=O)N(Cc2ccc(F)c(F)c2)C(C)C(F)(F)F)C1=O. The van der Waals surface area contributed by atoms with Crippen molar-refractivity contribution in [1.82, 2.24) is 15.1 Å². The first-order chi connectivity index (χ1) is 18.3. The Morgan fingerprint density at radius 3 is 2.49 bits per heavy atom. The van der Waals surface area contributed by atoms with Crippen molar-refractivity contribution in [1.29, 1.82) is 0 Å². The number of imide groups is 1. The van der Waals surface area contributed by atoms with E-state index in [-0.39, 0.29) is 18.4 Å². The van der Waals surface area contributed by atoms with E-state index >= 15 is 0 Å². The molecule has 2 aromatic carbocycles. The van der Waals surface area contributed by atoms with Crippen LogP contribution >= 0.6 is 0 Å². The molecular weight excluding hydrogens is 531 g/mol. The number of alkyl halides is 3. The normalized spacial score (nSPS) is 19.1. The number of nitrogens with one attached hydrogen (secondary N) is 2. The number of anilines is 1. The number of aryl methyl sites for hydroxylation is 1. The molecule has 2 N–H and O–H groups in total. The number of carbonyl (C=O) groups is 4. The average Bonchev–Trinajstić information content (AvgIpc) is 3.35. The summed E-state index contributed by atoms with van der Waals surface area (Å²) in [5, 5.41) is 4.97. The number of urea groups is 1. The Balaban J connectivity index is 1.57. The maximum atomic E-state index is 13.7. The second-order valence-corrected chi connectivity index (χ2v) is 9.15. The van der Waals surface area contributed by atoms with Crippen LogP contribution in [-0.2, 0) is 32.9 Å². The molecule has 2 unspecified atom stereocenters. The third kappa shape index (κ3) is 5.22. The van der Waals surface area contributed by atoms with E-state index < -0.39 is 66.5 Å². The van der Waals surface area contributed by atoms with E-state index in [4.69, 9.17) is 4.74 Å². The predicted molar refractivity (Wildman–Crippen MR) is 125 cm³/mol. The van der Waals surface area contributed by atoms with Crippen LogP contribution in [0.3, 0.4) is 0 Å². The lowest BCUT2D eigenvalue weighted by Crippen LogP contribution is -2.51. The van der Waals surface area contributed by atoms with E-state index in [0.29, 0.717) is 45.7 Å². The van der Waals surface area contributed by atoms with Gasteiger partial charge in [-0.25, -0.2) is 23.3 Å². The second-order valence-electron chi connectivity index (χ2n) is 9.15. The Labute approximate surface area is 218 Å². The number of rotatable bonds is 6. The van der Waals surface area contributed by atoms with Gasteiger partial charge in [0, 0.05) is 31.3 Å². The minimum atomic E-state index is -4.89. The van der Waals surface area contributed by atoms with Crippen LogP contribution in [0.5, 0.6) is 0 Å². The van der Waals surface area contributed by atoms with Gasteiger partial charge < -0.3 is 20.3 Å². The number of hydrogen-bond acceptors (Lipinski definition) is 5. The number of benzene rings is 2. The lowest BCUT2D eigenvalue weighted by molar-refractivity contribution is -0.187. The maximum absolute atomic E-state index is 13.7. The summed E-state index contributed by atoms with van der Waals surface area (Å²) in [6, 6.07) is 4.12. The molecule has 9 nitrogen and oxygen atoms in total. The van der Waals surface area contributed by atoms with Crippen molar-refractivity contribution in [2.45, 2.75) is 44.1 Å². The summed E-state index contributed by atoms with van der Waals surface area (Å²) in [6.07, 6.45) is -5.79. The summed E-state index contributed by atoms with van der Waals surface area (Å²) in [4.78, 5) is 51.5. The van der Waals surface area contributed by atoms with Gasteiger partial charge in [-0.1, -0.05) is 12.1 Å². The monoisotopic (exact) mass is 554 g/mol. The quantitative estimate of drug-likeness (QED) is 0.528. The fraction of sp³-hybridized carbons (Fsp3) is 0.360. The Morgan fingerprint density at radius 1 is 1.13 bits per heavy atom. The Kier molecular flexibility index (Phi) is 7.23. The largest absolute Gasteiger partial charge is 0.427 e. The zero-order valence-corrected chi connectivity index (χ0v) is 20.7. The van der Waals surface area contributed by atoms with Gasteiger partial charge in [0.25, 0.3) is 5.91 Å². The van der Waals surface area contributed by atoms with Crippen molar-refractivity contribution < 1.29 is 45.9 Å². The minimum absolute atomic E-state index is 0.0263. The first kappa shape index (κ1) is 27.8. The molecule has 0 radical (unpaired) electrons. The number of carbonyl (C=O) groups excluding carboxylic acids is 4. The molecule has 1 fully saturated rings. The molecular formula is C25H23F5N4O5. The number of amides is 5. The van der Waals surface area contributed by atoms with Gasteiger partial charge in [-0.3, -0.25) is 9.59 Å². The fourth-order valence-corrected chi connectivity index (χ4v) is 4.60. The summed E-state index contributed by atoms with van der Waals surface area (Å²) in [5.41, 5.74) is -0.540. The second kappa shape index (κ2) is 10.2. The van der Waals surface area contributed by atoms with E-state index in [1.54, 1.807) is 6.07 Å². The van der Waals surface area contributed by atoms with E-state index in [2.05, 4.69) is 10.6 Å². The number of fused-ring (bicyclic) bond motifs is 2. The third-order valence-electron chi connectivity index (χ3n) is 6.74. The molecule has 5 amide bonds. The molecule has 1 aliphatic heterocycles. The Hall–Kier alpha value is -4.23. The topological polar surface area (TPSA) is 108 Å². The summed E-state index contributed by atoms with van der Waals surface area (Å²) in [6.45, 7) is -1.13. The van der Waals surface area contributed by atoms with Crippen LogP contribution in [-0.4, -0.2) is 59.5 Å². The van der Waals surface area contributed by atoms with Crippen molar-refractivity contribution in [2.75, 3.05) is 18.9 Å². The van der Waals surface area contributed by atoms with Crippen molar-refractivity contribution >= 4 is 29.6 Å². The molecule has 0 aromatic heterocycles. The van der Waals surface area contributed by atoms with Gasteiger partial charge in [0.15, 0.2) is 11.6 Å². The van der Waals surface area contributed by atoms with E-state index in [0.717, 1.165) is 6.07 Å². The molecule has 39 heavy (non-hydrogen) atoms. The van der Waals surface area contributed by atoms with Crippen LogP contribution in [0.2, 0.25) is 0 Å². The lowest BCUT2D eigenvalue weighted by Gasteiger charge is -2.31. The predicted octanol–water partition coefficient (Wildman–Crippen LogP) is 3.82. The molecule has 1 spiro atoms. The van der Waals surface area contributed by atoms with Gasteiger partial charge in [-0.2, -0.15) is 13.2 Å². The molecule has 2 aromatic rings. The van der Waals surface area contributed by atoms with Crippen LogP contribution < -0.4 is 10.6 Å². The lowest BCUT2D eigenvalue weighted by atomic mass is 9.94. The van der Waals surface area contributed by atoms with Gasteiger partial charge >= 0.3 is 18.3 Å². The van der Waals surface area contributed by atoms with Crippen LogP contribution in [0.1, 0.15) is 30.0 Å². The highest BCUT2D eigenvalue weighted by atomic mass is 19.4. The van der Waals surface area contributed by atoms with Gasteiger partial charge in [-0.05, 0) is 48.7 Å². The Morgan fingerprint density at radius 2 is 1.85 bits per heavy atom. The van der Waals surface area contributed by atoms with Crippen LogP contribution in [0.15, 0.2) is 36.4 Å². The van der Waals surface area contributed by atoms with E-state index in [1.165, 1.54) is 19.2 Å². The molecule has 2 aliphatic rings. The van der Waals surface area contributed by atoms with Gasteiger partial charge in [0.2, 0.25) is 11.5 Å². The first-order valence-corrected chi connectivity index (χ1v) is 11.7. The van der Waals surface area contributed by atoms with Crippen molar-refractivity contribution in [3.8, 4) is 0 Å². The van der Waals surface area contributed by atoms with Crippen molar-refractivity contribution in [2.24, 2.45) is 0 Å². The van der Waals surface area contributed by atoms with Crippen molar-refractivity contribution in [3.63, 3.8) is 0 Å². The van der Waals surface area contributed by atoms with Gasteiger partial charge in [0.05, 0.1) is 0 Å². The molecule has 1 heterocycles. The summed E-state index contributed by atoms with van der Waals surface area (Å²) >= 11 is 0. The number of hydrogen-bond donors (Lipinski definition) is 2.